The minimum absolute atomic E-state index is 0.202. The Morgan fingerprint density at radius 1 is 0.828 bits per heavy atom. The van der Waals surface area contributed by atoms with Crippen molar-refractivity contribution in [3.8, 4) is 11.5 Å². The molecule has 0 radical (unpaired) electrons. The van der Waals surface area contributed by atoms with Gasteiger partial charge in [-0.05, 0) is 67.9 Å². The fraction of sp³-hybridized carbons (Fsp3) is 0.217. The second-order valence-electron chi connectivity index (χ2n) is 6.76. The predicted molar refractivity (Wildman–Crippen MR) is 115 cm³/mol. The molecule has 0 aromatic heterocycles. The number of hydrogen-bond donors (Lipinski definition) is 0. The number of hydrogen-bond acceptors (Lipinski definition) is 4. The van der Waals surface area contributed by atoms with E-state index in [0.717, 1.165) is 11.1 Å². The fourth-order valence-corrected chi connectivity index (χ4v) is 4.87. The van der Waals surface area contributed by atoms with E-state index in [0.29, 0.717) is 17.2 Å². The maximum absolute atomic E-state index is 13.6. The number of anilines is 1. The Morgan fingerprint density at radius 3 is 1.90 bits per heavy atom. The van der Waals surface area contributed by atoms with Crippen LogP contribution in [0.4, 0.5) is 5.69 Å². The SMILES string of the molecule is COc1ccc(N([C@@H](C)c2cccc(C)c2)S(=O)(=O)c2ccc(OC)cc2)cc1. The summed E-state index contributed by atoms with van der Waals surface area (Å²) in [6, 6.07) is 20.9. The molecule has 3 rings (SSSR count). The zero-order chi connectivity index (χ0) is 21.0. The van der Waals surface area contributed by atoms with E-state index in [1.165, 1.54) is 4.31 Å². The van der Waals surface area contributed by atoms with Crippen LogP contribution in [0, 0.1) is 6.92 Å². The van der Waals surface area contributed by atoms with Crippen molar-refractivity contribution in [2.75, 3.05) is 18.5 Å². The normalized spacial score (nSPS) is 12.3. The minimum atomic E-state index is -3.82. The van der Waals surface area contributed by atoms with Gasteiger partial charge in [0.15, 0.2) is 0 Å². The third-order valence-electron chi connectivity index (χ3n) is 4.82. The molecule has 3 aromatic rings. The molecule has 0 aliphatic rings. The molecule has 0 saturated heterocycles. The molecule has 1 atom stereocenters. The highest BCUT2D eigenvalue weighted by Gasteiger charge is 2.30. The Kier molecular flexibility index (Phi) is 6.13. The van der Waals surface area contributed by atoms with Gasteiger partial charge in [-0.25, -0.2) is 8.42 Å². The Labute approximate surface area is 172 Å². The van der Waals surface area contributed by atoms with Crippen molar-refractivity contribution in [1.82, 2.24) is 0 Å². The van der Waals surface area contributed by atoms with Gasteiger partial charge in [0, 0.05) is 0 Å². The zero-order valence-corrected chi connectivity index (χ0v) is 17.8. The van der Waals surface area contributed by atoms with Crippen molar-refractivity contribution in [3.05, 3.63) is 83.9 Å². The van der Waals surface area contributed by atoms with Crippen molar-refractivity contribution in [3.63, 3.8) is 0 Å². The van der Waals surface area contributed by atoms with Gasteiger partial charge in [-0.1, -0.05) is 29.8 Å². The second-order valence-corrected chi connectivity index (χ2v) is 8.58. The molecular weight excluding hydrogens is 386 g/mol. The van der Waals surface area contributed by atoms with E-state index in [1.54, 1.807) is 62.8 Å². The summed E-state index contributed by atoms with van der Waals surface area (Å²) in [5, 5.41) is 0. The van der Waals surface area contributed by atoms with E-state index in [1.807, 2.05) is 38.1 Å². The summed E-state index contributed by atoms with van der Waals surface area (Å²) >= 11 is 0. The van der Waals surface area contributed by atoms with E-state index in [2.05, 4.69) is 0 Å². The summed E-state index contributed by atoms with van der Waals surface area (Å²) in [4.78, 5) is 0.202. The van der Waals surface area contributed by atoms with E-state index in [4.69, 9.17) is 9.47 Å². The number of ether oxygens (including phenoxy) is 2. The Balaban J connectivity index is 2.12. The van der Waals surface area contributed by atoms with Crippen LogP contribution >= 0.6 is 0 Å². The van der Waals surface area contributed by atoms with Gasteiger partial charge in [0.1, 0.15) is 11.5 Å². The van der Waals surface area contributed by atoms with Crippen LogP contribution in [0.25, 0.3) is 0 Å². The number of nitrogens with zero attached hydrogens (tertiary/aromatic N) is 1. The molecule has 0 amide bonds. The predicted octanol–water partition coefficient (Wildman–Crippen LogP) is 4.97. The molecular formula is C23H25NO4S. The summed E-state index contributed by atoms with van der Waals surface area (Å²) in [5.41, 5.74) is 2.56. The van der Waals surface area contributed by atoms with Crippen LogP contribution in [-0.2, 0) is 10.0 Å². The van der Waals surface area contributed by atoms with E-state index in [9.17, 15) is 8.42 Å². The molecule has 0 heterocycles. The van der Waals surface area contributed by atoms with E-state index >= 15 is 0 Å². The van der Waals surface area contributed by atoms with E-state index < -0.39 is 16.1 Å². The molecule has 0 fully saturated rings. The van der Waals surface area contributed by atoms with E-state index in [-0.39, 0.29) is 4.90 Å². The van der Waals surface area contributed by atoms with Gasteiger partial charge < -0.3 is 9.47 Å². The van der Waals surface area contributed by atoms with Gasteiger partial charge in [-0.15, -0.1) is 0 Å². The minimum Gasteiger partial charge on any atom is -0.497 e. The molecule has 152 valence electrons. The van der Waals surface area contributed by atoms with Crippen LogP contribution in [0.1, 0.15) is 24.1 Å². The molecule has 5 nitrogen and oxygen atoms in total. The quantitative estimate of drug-likeness (QED) is 0.551. The number of methoxy groups -OCH3 is 2. The maximum atomic E-state index is 13.6. The maximum Gasteiger partial charge on any atom is 0.264 e. The first-order valence-corrected chi connectivity index (χ1v) is 10.7. The van der Waals surface area contributed by atoms with Gasteiger partial charge >= 0.3 is 0 Å². The summed E-state index contributed by atoms with van der Waals surface area (Å²) in [5.74, 6) is 1.27. The molecule has 0 bridgehead atoms. The lowest BCUT2D eigenvalue weighted by Gasteiger charge is -2.31. The van der Waals surface area contributed by atoms with Gasteiger partial charge in [-0.2, -0.15) is 0 Å². The summed E-state index contributed by atoms with van der Waals surface area (Å²) in [6.45, 7) is 3.88. The summed E-state index contributed by atoms with van der Waals surface area (Å²) in [7, 11) is -0.694. The van der Waals surface area contributed by atoms with Crippen LogP contribution in [0.15, 0.2) is 77.7 Å². The highest BCUT2D eigenvalue weighted by Crippen LogP contribution is 2.34. The molecule has 3 aromatic carbocycles. The van der Waals surface area contributed by atoms with Crippen LogP contribution in [0.2, 0.25) is 0 Å². The third kappa shape index (κ3) is 4.38. The molecule has 0 N–H and O–H groups in total. The molecule has 0 unspecified atom stereocenters. The van der Waals surface area contributed by atoms with Crippen molar-refractivity contribution < 1.29 is 17.9 Å². The molecule has 29 heavy (non-hydrogen) atoms. The number of aryl methyl sites for hydroxylation is 1. The number of rotatable bonds is 7. The second kappa shape index (κ2) is 8.57. The average Bonchev–Trinajstić information content (AvgIpc) is 2.74. The number of benzene rings is 3. The lowest BCUT2D eigenvalue weighted by Crippen LogP contribution is -2.33. The molecule has 0 aliphatic heterocycles. The highest BCUT2D eigenvalue weighted by molar-refractivity contribution is 7.92. The van der Waals surface area contributed by atoms with Crippen molar-refractivity contribution >= 4 is 15.7 Å². The average molecular weight is 412 g/mol. The summed E-state index contributed by atoms with van der Waals surface area (Å²) < 4.78 is 39.1. The lowest BCUT2D eigenvalue weighted by atomic mass is 10.1. The topological polar surface area (TPSA) is 55.8 Å². The Morgan fingerprint density at radius 2 is 1.38 bits per heavy atom. The van der Waals surface area contributed by atoms with Gasteiger partial charge in [-0.3, -0.25) is 4.31 Å². The van der Waals surface area contributed by atoms with Crippen molar-refractivity contribution in [2.45, 2.75) is 24.8 Å². The van der Waals surface area contributed by atoms with Crippen molar-refractivity contribution in [1.29, 1.82) is 0 Å². The van der Waals surface area contributed by atoms with Crippen LogP contribution in [0.5, 0.6) is 11.5 Å². The lowest BCUT2D eigenvalue weighted by molar-refractivity contribution is 0.414. The van der Waals surface area contributed by atoms with Gasteiger partial charge in [0.25, 0.3) is 10.0 Å². The van der Waals surface area contributed by atoms with Gasteiger partial charge in [0.05, 0.1) is 30.8 Å². The summed E-state index contributed by atoms with van der Waals surface area (Å²) in [6.07, 6.45) is 0. The fourth-order valence-electron chi connectivity index (χ4n) is 3.23. The Bertz CT molecular complexity index is 1060. The van der Waals surface area contributed by atoms with Gasteiger partial charge in [0.2, 0.25) is 0 Å². The van der Waals surface area contributed by atoms with Crippen LogP contribution in [-0.4, -0.2) is 22.6 Å². The number of sulfonamides is 1. The zero-order valence-electron chi connectivity index (χ0n) is 17.0. The van der Waals surface area contributed by atoms with Crippen LogP contribution < -0.4 is 13.8 Å². The third-order valence-corrected chi connectivity index (χ3v) is 6.73. The molecule has 0 spiro atoms. The molecule has 0 saturated carbocycles. The Hall–Kier alpha value is -2.99. The molecule has 6 heteroatoms. The highest BCUT2D eigenvalue weighted by atomic mass is 32.2. The first-order valence-electron chi connectivity index (χ1n) is 9.26. The van der Waals surface area contributed by atoms with Crippen LogP contribution in [0.3, 0.4) is 0 Å². The molecule has 0 aliphatic carbocycles. The first kappa shape index (κ1) is 20.7. The standard InChI is InChI=1S/C23H25NO4S/c1-17-6-5-7-19(16-17)18(2)24(20-8-10-21(27-3)11-9-20)29(25,26)23-14-12-22(28-4)13-15-23/h5-16,18H,1-4H3/t18-/m0/s1. The largest absolute Gasteiger partial charge is 0.497 e. The monoisotopic (exact) mass is 411 g/mol. The van der Waals surface area contributed by atoms with Crippen molar-refractivity contribution in [2.24, 2.45) is 0 Å². The smallest absolute Gasteiger partial charge is 0.264 e. The first-order chi connectivity index (χ1) is 13.9.